The van der Waals surface area contributed by atoms with Crippen molar-refractivity contribution < 1.29 is 0 Å². The van der Waals surface area contributed by atoms with Gasteiger partial charge in [-0.15, -0.1) is 0 Å². The second-order valence-electron chi connectivity index (χ2n) is 4.12. The van der Waals surface area contributed by atoms with Crippen molar-refractivity contribution in [2.75, 3.05) is 19.6 Å². The van der Waals surface area contributed by atoms with Crippen LogP contribution in [0.15, 0.2) is 0 Å². The first-order chi connectivity index (χ1) is 6.76. The molecule has 2 N–H and O–H groups in total. The van der Waals surface area contributed by atoms with Gasteiger partial charge >= 0.3 is 0 Å². The SMILES string of the molecule is CCCCCC(C)N(CC)CCCN. The van der Waals surface area contributed by atoms with Crippen LogP contribution in [0.1, 0.15) is 52.9 Å². The quantitative estimate of drug-likeness (QED) is 0.580. The second kappa shape index (κ2) is 9.47. The van der Waals surface area contributed by atoms with E-state index < -0.39 is 0 Å². The van der Waals surface area contributed by atoms with Crippen molar-refractivity contribution in [3.8, 4) is 0 Å². The van der Waals surface area contributed by atoms with E-state index >= 15 is 0 Å². The molecule has 0 fully saturated rings. The first kappa shape index (κ1) is 13.9. The van der Waals surface area contributed by atoms with Crippen LogP contribution in [0.25, 0.3) is 0 Å². The van der Waals surface area contributed by atoms with Gasteiger partial charge in [-0.25, -0.2) is 0 Å². The molecule has 0 aliphatic carbocycles. The van der Waals surface area contributed by atoms with Crippen LogP contribution in [0.2, 0.25) is 0 Å². The van der Waals surface area contributed by atoms with E-state index in [9.17, 15) is 0 Å². The van der Waals surface area contributed by atoms with Crippen molar-refractivity contribution in [1.29, 1.82) is 0 Å². The second-order valence-corrected chi connectivity index (χ2v) is 4.12. The summed E-state index contributed by atoms with van der Waals surface area (Å²) in [6.07, 6.45) is 6.54. The molecule has 0 aromatic rings. The predicted molar refractivity (Wildman–Crippen MR) is 64.5 cm³/mol. The van der Waals surface area contributed by atoms with Crippen LogP contribution < -0.4 is 5.73 Å². The summed E-state index contributed by atoms with van der Waals surface area (Å²) in [4.78, 5) is 2.54. The molecule has 2 nitrogen and oxygen atoms in total. The third-order valence-corrected chi connectivity index (χ3v) is 2.90. The van der Waals surface area contributed by atoms with E-state index in [1.165, 1.54) is 32.2 Å². The van der Waals surface area contributed by atoms with E-state index in [1.54, 1.807) is 0 Å². The Hall–Kier alpha value is -0.0800. The number of unbranched alkanes of at least 4 members (excludes halogenated alkanes) is 2. The Morgan fingerprint density at radius 3 is 2.36 bits per heavy atom. The molecule has 0 radical (unpaired) electrons. The van der Waals surface area contributed by atoms with Crippen LogP contribution in [-0.2, 0) is 0 Å². The molecule has 86 valence electrons. The van der Waals surface area contributed by atoms with Crippen molar-refractivity contribution in [3.05, 3.63) is 0 Å². The van der Waals surface area contributed by atoms with Gasteiger partial charge in [-0.2, -0.15) is 0 Å². The van der Waals surface area contributed by atoms with Gasteiger partial charge in [0.15, 0.2) is 0 Å². The molecule has 0 saturated heterocycles. The highest BCUT2D eigenvalue weighted by atomic mass is 15.1. The Bertz CT molecular complexity index is 115. The summed E-state index contributed by atoms with van der Waals surface area (Å²) < 4.78 is 0. The first-order valence-electron chi connectivity index (χ1n) is 6.20. The van der Waals surface area contributed by atoms with Gasteiger partial charge in [0.1, 0.15) is 0 Å². The van der Waals surface area contributed by atoms with Crippen LogP contribution in [0.4, 0.5) is 0 Å². The molecular weight excluding hydrogens is 172 g/mol. The molecular formula is C12H28N2. The molecule has 0 bridgehead atoms. The fourth-order valence-corrected chi connectivity index (χ4v) is 1.86. The van der Waals surface area contributed by atoms with Crippen molar-refractivity contribution in [1.82, 2.24) is 4.90 Å². The molecule has 1 atom stereocenters. The largest absolute Gasteiger partial charge is 0.330 e. The van der Waals surface area contributed by atoms with Gasteiger partial charge in [-0.1, -0.05) is 33.1 Å². The van der Waals surface area contributed by atoms with Crippen LogP contribution in [-0.4, -0.2) is 30.6 Å². The van der Waals surface area contributed by atoms with Crippen molar-refractivity contribution >= 4 is 0 Å². The number of nitrogens with zero attached hydrogens (tertiary/aromatic N) is 1. The van der Waals surface area contributed by atoms with Crippen molar-refractivity contribution in [2.24, 2.45) is 5.73 Å². The van der Waals surface area contributed by atoms with E-state index in [0.717, 1.165) is 25.6 Å². The lowest BCUT2D eigenvalue weighted by Gasteiger charge is -2.27. The van der Waals surface area contributed by atoms with E-state index in [4.69, 9.17) is 5.73 Å². The minimum atomic E-state index is 0.734. The minimum absolute atomic E-state index is 0.734. The lowest BCUT2D eigenvalue weighted by Crippen LogP contribution is -2.34. The van der Waals surface area contributed by atoms with Gasteiger partial charge in [-0.3, -0.25) is 0 Å². The molecule has 0 rings (SSSR count). The summed E-state index contributed by atoms with van der Waals surface area (Å²) in [5.74, 6) is 0. The number of hydrogen-bond donors (Lipinski definition) is 1. The average molecular weight is 200 g/mol. The standard InChI is InChI=1S/C12H28N2/c1-4-6-7-9-12(3)14(5-2)11-8-10-13/h12H,4-11,13H2,1-3H3. The maximum atomic E-state index is 5.53. The first-order valence-corrected chi connectivity index (χ1v) is 6.20. The zero-order valence-corrected chi connectivity index (χ0v) is 10.3. The van der Waals surface area contributed by atoms with Crippen LogP contribution in [0, 0.1) is 0 Å². The topological polar surface area (TPSA) is 29.3 Å². The zero-order valence-electron chi connectivity index (χ0n) is 10.3. The van der Waals surface area contributed by atoms with Gasteiger partial charge in [0, 0.05) is 6.04 Å². The third kappa shape index (κ3) is 6.39. The summed E-state index contributed by atoms with van der Waals surface area (Å²) in [6, 6.07) is 0.734. The Balaban J connectivity index is 3.61. The van der Waals surface area contributed by atoms with Crippen LogP contribution in [0.3, 0.4) is 0 Å². The lowest BCUT2D eigenvalue weighted by molar-refractivity contribution is 0.205. The van der Waals surface area contributed by atoms with Crippen molar-refractivity contribution in [2.45, 2.75) is 58.9 Å². The van der Waals surface area contributed by atoms with Gasteiger partial charge in [0.25, 0.3) is 0 Å². The maximum absolute atomic E-state index is 5.53. The predicted octanol–water partition coefficient (Wildman–Crippen LogP) is 2.63. The Morgan fingerprint density at radius 2 is 1.86 bits per heavy atom. The summed E-state index contributed by atoms with van der Waals surface area (Å²) in [7, 11) is 0. The summed E-state index contributed by atoms with van der Waals surface area (Å²) in [5.41, 5.74) is 5.53. The Kier molecular flexibility index (Phi) is 9.42. The molecule has 1 unspecified atom stereocenters. The van der Waals surface area contributed by atoms with Crippen LogP contribution in [0.5, 0.6) is 0 Å². The summed E-state index contributed by atoms with van der Waals surface area (Å²) >= 11 is 0. The number of nitrogens with two attached hydrogens (primary N) is 1. The normalized spacial score (nSPS) is 13.5. The summed E-state index contributed by atoms with van der Waals surface area (Å²) in [5, 5.41) is 0. The highest BCUT2D eigenvalue weighted by Gasteiger charge is 2.10. The molecule has 14 heavy (non-hydrogen) atoms. The Morgan fingerprint density at radius 1 is 1.14 bits per heavy atom. The van der Waals surface area contributed by atoms with E-state index in [-0.39, 0.29) is 0 Å². The monoisotopic (exact) mass is 200 g/mol. The molecule has 0 aromatic heterocycles. The zero-order chi connectivity index (χ0) is 10.8. The molecule has 0 spiro atoms. The van der Waals surface area contributed by atoms with Crippen LogP contribution >= 0.6 is 0 Å². The molecule has 0 heterocycles. The highest BCUT2D eigenvalue weighted by Crippen LogP contribution is 2.09. The molecule has 2 heteroatoms. The maximum Gasteiger partial charge on any atom is 0.00668 e. The average Bonchev–Trinajstić information content (AvgIpc) is 2.19. The van der Waals surface area contributed by atoms with Gasteiger partial charge in [0.05, 0.1) is 0 Å². The fraction of sp³-hybridized carbons (Fsp3) is 1.00. The molecule has 0 aliphatic heterocycles. The van der Waals surface area contributed by atoms with Gasteiger partial charge < -0.3 is 10.6 Å². The van der Waals surface area contributed by atoms with E-state index in [2.05, 4.69) is 25.7 Å². The minimum Gasteiger partial charge on any atom is -0.330 e. The highest BCUT2D eigenvalue weighted by molar-refractivity contribution is 4.66. The molecule has 0 aromatic carbocycles. The summed E-state index contributed by atoms with van der Waals surface area (Å²) in [6.45, 7) is 9.99. The lowest BCUT2D eigenvalue weighted by atomic mass is 10.1. The number of hydrogen-bond acceptors (Lipinski definition) is 2. The third-order valence-electron chi connectivity index (χ3n) is 2.90. The Labute approximate surface area is 89.9 Å². The fourth-order valence-electron chi connectivity index (χ4n) is 1.86. The molecule has 0 saturated carbocycles. The van der Waals surface area contributed by atoms with E-state index in [1.807, 2.05) is 0 Å². The molecule has 0 amide bonds. The smallest absolute Gasteiger partial charge is 0.00668 e. The number of rotatable bonds is 9. The molecule has 0 aliphatic rings. The van der Waals surface area contributed by atoms with Crippen molar-refractivity contribution in [3.63, 3.8) is 0 Å². The van der Waals surface area contributed by atoms with Gasteiger partial charge in [-0.05, 0) is 39.4 Å². The van der Waals surface area contributed by atoms with Gasteiger partial charge in [0.2, 0.25) is 0 Å². The van der Waals surface area contributed by atoms with E-state index in [0.29, 0.717) is 0 Å².